The topological polar surface area (TPSA) is 217 Å². The molecule has 0 aromatic heterocycles. The van der Waals surface area contributed by atoms with Gasteiger partial charge in [0.1, 0.15) is 0 Å². The Morgan fingerprint density at radius 1 is 0.275 bits per heavy atom. The lowest BCUT2D eigenvalue weighted by Crippen LogP contribution is -2.11. The molecule has 0 aliphatic heterocycles. The highest BCUT2D eigenvalue weighted by molar-refractivity contribution is 8.14. The van der Waals surface area contributed by atoms with E-state index in [-0.39, 0.29) is 90.8 Å². The van der Waals surface area contributed by atoms with E-state index in [1.165, 1.54) is 47.0 Å². The van der Waals surface area contributed by atoms with Crippen LogP contribution < -0.4 is 0 Å². The molecule has 0 amide bonds. The largest absolute Gasteiger partial charge is 0.481 e. The highest BCUT2D eigenvalue weighted by Crippen LogP contribution is 2.41. The van der Waals surface area contributed by atoms with Crippen molar-refractivity contribution in [2.45, 2.75) is 155 Å². The number of aliphatic carboxylic acids is 4. The second-order valence-corrected chi connectivity index (χ2v) is 26.7. The number of benzene rings is 4. The van der Waals surface area contributed by atoms with Crippen molar-refractivity contribution in [3.63, 3.8) is 0 Å². The smallest absolute Gasteiger partial charge is 0.303 e. The Morgan fingerprint density at radius 3 is 0.550 bits per heavy atom. The molecule has 0 spiro atoms. The number of hydrogen-bond acceptors (Lipinski definition) is 12. The molecular weight excluding hydrogens is 1090 g/mol. The van der Waals surface area contributed by atoms with Crippen molar-refractivity contribution in [2.24, 2.45) is 47.3 Å². The third-order valence-electron chi connectivity index (χ3n) is 12.1. The average Bonchev–Trinajstić information content (AvgIpc) is 3.36. The molecule has 440 valence electrons. The minimum Gasteiger partial charge on any atom is -0.481 e. The number of rotatable bonds is 28. The molecule has 12 nitrogen and oxygen atoms in total. The van der Waals surface area contributed by atoms with Crippen LogP contribution in [0.15, 0.2) is 121 Å². The third kappa shape index (κ3) is 32.9. The van der Waals surface area contributed by atoms with Gasteiger partial charge in [-0.1, -0.05) is 251 Å². The number of hydrogen-bond donors (Lipinski definition) is 4. The number of thioether (sulfide) groups is 4. The molecule has 0 bridgehead atoms. The van der Waals surface area contributed by atoms with Gasteiger partial charge in [-0.05, 0) is 69.6 Å². The highest BCUT2D eigenvalue weighted by atomic mass is 32.2. The first-order valence-corrected chi connectivity index (χ1v) is 31.0. The molecule has 16 heteroatoms. The van der Waals surface area contributed by atoms with Crippen molar-refractivity contribution in [3.8, 4) is 0 Å². The van der Waals surface area contributed by atoms with Gasteiger partial charge < -0.3 is 20.4 Å². The zero-order valence-electron chi connectivity index (χ0n) is 48.8. The summed E-state index contributed by atoms with van der Waals surface area (Å²) in [7, 11) is 0. The first kappa shape index (κ1) is 72.9. The molecule has 0 radical (unpaired) electrons. The lowest BCUT2D eigenvalue weighted by atomic mass is 10.0. The number of carboxylic acids is 4. The van der Waals surface area contributed by atoms with E-state index in [9.17, 15) is 38.4 Å². The van der Waals surface area contributed by atoms with Crippen LogP contribution in [-0.2, 0) is 38.4 Å². The molecule has 80 heavy (non-hydrogen) atoms. The molecule has 8 atom stereocenters. The fourth-order valence-electron chi connectivity index (χ4n) is 8.30. The van der Waals surface area contributed by atoms with Crippen LogP contribution >= 0.6 is 47.0 Å². The standard InChI is InChI=1S/4C16H22O3S/c4*1-11(2)16(13-7-5-4-6-8-13)20-15(19)10-12(3)9-14(17)18/h4*4-8,11-12,16H,9-10H2,1-3H3,(H,17,18)/t2*12-,16+;2*12-,16-/m1010/s1. The van der Waals surface area contributed by atoms with Crippen molar-refractivity contribution in [1.29, 1.82) is 0 Å². The molecule has 0 heterocycles. The van der Waals surface area contributed by atoms with Crippen molar-refractivity contribution in [1.82, 2.24) is 0 Å². The van der Waals surface area contributed by atoms with Gasteiger partial charge in [0.15, 0.2) is 20.5 Å². The number of carbonyl (C=O) groups is 8. The second kappa shape index (κ2) is 40.1. The first-order chi connectivity index (χ1) is 37.6. The maximum Gasteiger partial charge on any atom is 0.303 e. The van der Waals surface area contributed by atoms with Gasteiger partial charge >= 0.3 is 23.9 Å². The Hall–Kier alpha value is -5.16. The zero-order chi connectivity index (χ0) is 60.5. The summed E-state index contributed by atoms with van der Waals surface area (Å²) in [5.74, 6) is -2.46. The fraction of sp³-hybridized carbons (Fsp3) is 0.500. The summed E-state index contributed by atoms with van der Waals surface area (Å²) in [6.45, 7) is 24.0. The summed E-state index contributed by atoms with van der Waals surface area (Å²) in [5.41, 5.74) is 4.58. The van der Waals surface area contributed by atoms with E-state index in [0.29, 0.717) is 49.4 Å². The van der Waals surface area contributed by atoms with Crippen LogP contribution in [0.25, 0.3) is 0 Å². The van der Waals surface area contributed by atoms with E-state index < -0.39 is 23.9 Å². The van der Waals surface area contributed by atoms with Gasteiger partial charge in [-0.25, -0.2) is 0 Å². The highest BCUT2D eigenvalue weighted by Gasteiger charge is 2.26. The minimum atomic E-state index is -0.848. The zero-order valence-corrected chi connectivity index (χ0v) is 52.1. The molecule has 4 aromatic rings. The van der Waals surface area contributed by atoms with Gasteiger partial charge in [-0.15, -0.1) is 0 Å². The van der Waals surface area contributed by atoms with E-state index in [0.717, 1.165) is 22.3 Å². The first-order valence-electron chi connectivity index (χ1n) is 27.4. The molecule has 0 saturated heterocycles. The minimum absolute atomic E-state index is 0.0456. The van der Waals surface area contributed by atoms with Crippen LogP contribution in [0.5, 0.6) is 0 Å². The van der Waals surface area contributed by atoms with Crippen LogP contribution in [-0.4, -0.2) is 64.8 Å². The van der Waals surface area contributed by atoms with Crippen LogP contribution in [0.4, 0.5) is 0 Å². The van der Waals surface area contributed by atoms with Crippen molar-refractivity contribution >= 4 is 91.4 Å². The van der Waals surface area contributed by atoms with Gasteiger partial charge in [-0.3, -0.25) is 38.4 Å². The quantitative estimate of drug-likeness (QED) is 0.0416. The Morgan fingerprint density at radius 2 is 0.425 bits per heavy atom. The van der Waals surface area contributed by atoms with E-state index in [2.05, 4.69) is 55.4 Å². The van der Waals surface area contributed by atoms with Gasteiger partial charge in [0.05, 0.1) is 0 Å². The molecule has 0 aliphatic carbocycles. The second-order valence-electron chi connectivity index (χ2n) is 21.9. The lowest BCUT2D eigenvalue weighted by molar-refractivity contribution is -0.139. The Labute approximate surface area is 493 Å². The maximum atomic E-state index is 12.1. The van der Waals surface area contributed by atoms with Crippen molar-refractivity contribution < 1.29 is 58.8 Å². The van der Waals surface area contributed by atoms with Crippen molar-refractivity contribution in [3.05, 3.63) is 144 Å². The molecule has 0 unspecified atom stereocenters. The molecule has 0 aliphatic rings. The Bertz CT molecular complexity index is 2110. The molecule has 4 rings (SSSR count). The maximum absolute atomic E-state index is 12.1. The summed E-state index contributed by atoms with van der Waals surface area (Å²) in [6.07, 6.45) is 1.43. The molecule has 0 fully saturated rings. The van der Waals surface area contributed by atoms with E-state index >= 15 is 0 Å². The van der Waals surface area contributed by atoms with E-state index in [4.69, 9.17) is 20.4 Å². The van der Waals surface area contributed by atoms with Crippen LogP contribution in [0.1, 0.15) is 178 Å². The summed E-state index contributed by atoms with van der Waals surface area (Å²) in [6, 6.07) is 39.9. The predicted molar refractivity (Wildman–Crippen MR) is 331 cm³/mol. The molecule has 4 N–H and O–H groups in total. The summed E-state index contributed by atoms with van der Waals surface area (Å²) in [5, 5.41) is 35.7. The van der Waals surface area contributed by atoms with Gasteiger partial charge in [0.2, 0.25) is 0 Å². The van der Waals surface area contributed by atoms with Crippen LogP contribution in [0.3, 0.4) is 0 Å². The number of carboxylic acid groups (broad SMARTS) is 4. The monoisotopic (exact) mass is 1180 g/mol. The molecular formula is C64H88O12S4. The SMILES string of the molecule is CC(C)[C@@H](SC(=O)C[C@@H](C)CC(=O)O)c1ccccc1.CC(C)[C@@H](SC(=O)C[C@H](C)CC(=O)O)c1ccccc1.CC(C)[C@H](SC(=O)C[C@@H](C)CC(=O)O)c1ccccc1.CC(C)[C@H](SC(=O)C[C@H](C)CC(=O)O)c1ccccc1. The van der Waals surface area contributed by atoms with Crippen molar-refractivity contribution in [2.75, 3.05) is 0 Å². The van der Waals surface area contributed by atoms with E-state index in [1.54, 1.807) is 27.7 Å². The van der Waals surface area contributed by atoms with E-state index in [1.807, 2.05) is 121 Å². The predicted octanol–water partition coefficient (Wildman–Crippen LogP) is 16.6. The van der Waals surface area contributed by atoms with Gasteiger partial charge in [0.25, 0.3) is 0 Å². The van der Waals surface area contributed by atoms with Gasteiger partial charge in [0, 0.05) is 72.4 Å². The number of carbonyl (C=O) groups excluding carboxylic acids is 4. The normalized spacial score (nSPS) is 14.0. The average molecular weight is 1180 g/mol. The Balaban J connectivity index is 0.000000533. The van der Waals surface area contributed by atoms with Gasteiger partial charge in [-0.2, -0.15) is 0 Å². The van der Waals surface area contributed by atoms with Crippen LogP contribution in [0, 0.1) is 47.3 Å². The molecule has 4 aromatic carbocycles. The third-order valence-corrected chi connectivity index (χ3v) is 18.1. The lowest BCUT2D eigenvalue weighted by Gasteiger charge is -2.20. The Kier molecular flexibility index (Phi) is 36.5. The van der Waals surface area contributed by atoms with Crippen LogP contribution in [0.2, 0.25) is 0 Å². The summed E-state index contributed by atoms with van der Waals surface area (Å²) < 4.78 is 0. The molecule has 0 saturated carbocycles. The summed E-state index contributed by atoms with van der Waals surface area (Å²) >= 11 is 5.32. The summed E-state index contributed by atoms with van der Waals surface area (Å²) in [4.78, 5) is 90.9. The fourth-order valence-corrected chi connectivity index (χ4v) is 13.2.